The summed E-state index contributed by atoms with van der Waals surface area (Å²) in [4.78, 5) is 0. The summed E-state index contributed by atoms with van der Waals surface area (Å²) in [6.45, 7) is 4.26. The van der Waals surface area contributed by atoms with Gasteiger partial charge in [0, 0.05) is 0 Å². The first kappa shape index (κ1) is 21.9. The molecule has 10 heteroatoms. The van der Waals surface area contributed by atoms with E-state index in [4.69, 9.17) is 14.2 Å². The van der Waals surface area contributed by atoms with Gasteiger partial charge in [0.1, 0.15) is 48.8 Å². The first-order valence-electron chi connectivity index (χ1n) is 8.61. The van der Waals surface area contributed by atoms with Crippen LogP contribution in [0, 0.1) is 5.41 Å². The topological polar surface area (TPSA) is 169 Å². The molecule has 2 fully saturated rings. The number of aliphatic hydroxyl groups is 7. The molecule has 0 aromatic rings. The molecule has 2 aliphatic rings. The molecular weight excluding hydrogens is 352 g/mol. The monoisotopic (exact) mass is 382 g/mol. The summed E-state index contributed by atoms with van der Waals surface area (Å²) in [6.07, 6.45) is -13.4. The van der Waals surface area contributed by atoms with E-state index in [1.807, 2.05) is 0 Å². The van der Waals surface area contributed by atoms with Crippen molar-refractivity contribution in [3.8, 4) is 0 Å². The highest BCUT2D eigenvalue weighted by Gasteiger charge is 2.52. The van der Waals surface area contributed by atoms with Gasteiger partial charge in [0.15, 0.2) is 6.29 Å². The highest BCUT2D eigenvalue weighted by Crippen LogP contribution is 2.35. The van der Waals surface area contributed by atoms with Gasteiger partial charge in [0.2, 0.25) is 0 Å². The Balaban J connectivity index is 2.16. The lowest BCUT2D eigenvalue weighted by atomic mass is 9.80. The maximum atomic E-state index is 10.5. The summed E-state index contributed by atoms with van der Waals surface area (Å²) in [5.74, 6) is 0. The van der Waals surface area contributed by atoms with Gasteiger partial charge in [-0.15, -0.1) is 0 Å². The lowest BCUT2D eigenvalue weighted by molar-refractivity contribution is -0.345. The molecule has 0 aromatic carbocycles. The van der Waals surface area contributed by atoms with Crippen LogP contribution in [0.1, 0.15) is 20.8 Å². The number of rotatable bonds is 4. The van der Waals surface area contributed by atoms with Crippen molar-refractivity contribution in [2.75, 3.05) is 13.2 Å². The summed E-state index contributed by atoms with van der Waals surface area (Å²) in [6, 6.07) is 0. The maximum Gasteiger partial charge on any atom is 0.187 e. The van der Waals surface area contributed by atoms with Gasteiger partial charge in [-0.05, 0) is 5.41 Å². The summed E-state index contributed by atoms with van der Waals surface area (Å²) in [7, 11) is 0. The second kappa shape index (κ2) is 8.31. The van der Waals surface area contributed by atoms with E-state index in [-0.39, 0.29) is 0 Å². The Bertz CT molecular complexity index is 451. The van der Waals surface area contributed by atoms with Crippen molar-refractivity contribution in [3.63, 3.8) is 0 Å². The molecule has 2 aliphatic heterocycles. The molecular formula is C16H30O10. The van der Waals surface area contributed by atoms with Gasteiger partial charge in [-0.1, -0.05) is 20.8 Å². The van der Waals surface area contributed by atoms with Crippen molar-refractivity contribution in [3.05, 3.63) is 0 Å². The van der Waals surface area contributed by atoms with E-state index in [2.05, 4.69) is 0 Å². The SMILES string of the molecule is CC(C)(C)[C@@H]1OC(CO)[C@@H](O[C@@H]2OC(CO)[C@H](O)[C@H](O)C2O)[C@H](O)C1O. The highest BCUT2D eigenvalue weighted by atomic mass is 16.7. The van der Waals surface area contributed by atoms with Crippen LogP contribution in [0.3, 0.4) is 0 Å². The molecule has 2 rings (SSSR count). The van der Waals surface area contributed by atoms with Crippen LogP contribution in [0.15, 0.2) is 0 Å². The van der Waals surface area contributed by atoms with Crippen LogP contribution in [-0.4, -0.2) is 110 Å². The van der Waals surface area contributed by atoms with Gasteiger partial charge in [-0.2, -0.15) is 0 Å². The summed E-state index contributed by atoms with van der Waals surface area (Å²) < 4.78 is 16.4. The minimum atomic E-state index is -1.67. The number of aliphatic hydroxyl groups excluding tert-OH is 7. The molecule has 0 radical (unpaired) electrons. The molecule has 0 aromatic heterocycles. The third-order valence-corrected chi connectivity index (χ3v) is 4.86. The average molecular weight is 382 g/mol. The van der Waals surface area contributed by atoms with Crippen molar-refractivity contribution in [2.24, 2.45) is 5.41 Å². The normalized spacial score (nSPS) is 47.8. The highest BCUT2D eigenvalue weighted by molar-refractivity contribution is 4.98. The largest absolute Gasteiger partial charge is 0.394 e. The first-order chi connectivity index (χ1) is 12.0. The summed E-state index contributed by atoms with van der Waals surface area (Å²) in [5.41, 5.74) is -0.526. The van der Waals surface area contributed by atoms with Gasteiger partial charge in [-0.25, -0.2) is 0 Å². The van der Waals surface area contributed by atoms with E-state index in [1.54, 1.807) is 20.8 Å². The third-order valence-electron chi connectivity index (χ3n) is 4.86. The second-order valence-corrected chi connectivity index (χ2v) is 7.92. The van der Waals surface area contributed by atoms with E-state index < -0.39 is 79.9 Å². The minimum Gasteiger partial charge on any atom is -0.394 e. The van der Waals surface area contributed by atoms with Crippen molar-refractivity contribution in [2.45, 2.75) is 82.0 Å². The molecule has 7 N–H and O–H groups in total. The van der Waals surface area contributed by atoms with Gasteiger partial charge in [-0.3, -0.25) is 0 Å². The van der Waals surface area contributed by atoms with E-state index in [0.717, 1.165) is 0 Å². The van der Waals surface area contributed by atoms with Gasteiger partial charge >= 0.3 is 0 Å². The van der Waals surface area contributed by atoms with Crippen molar-refractivity contribution >= 4 is 0 Å². The lowest BCUT2D eigenvalue weighted by Crippen LogP contribution is -2.65. The predicted octanol–water partition coefficient (Wildman–Crippen LogP) is -3.30. The number of ether oxygens (including phenoxy) is 3. The second-order valence-electron chi connectivity index (χ2n) is 7.92. The minimum absolute atomic E-state index is 0.526. The Labute approximate surface area is 151 Å². The number of hydrogen-bond acceptors (Lipinski definition) is 10. The molecule has 0 bridgehead atoms. The smallest absolute Gasteiger partial charge is 0.187 e. The third kappa shape index (κ3) is 4.20. The molecule has 4 unspecified atom stereocenters. The lowest BCUT2D eigenvalue weighted by Gasteiger charge is -2.48. The van der Waals surface area contributed by atoms with Gasteiger partial charge in [0.25, 0.3) is 0 Å². The van der Waals surface area contributed by atoms with Gasteiger partial charge in [0.05, 0.1) is 19.3 Å². The zero-order valence-electron chi connectivity index (χ0n) is 15.0. The van der Waals surface area contributed by atoms with Crippen molar-refractivity contribution in [1.29, 1.82) is 0 Å². The summed E-state index contributed by atoms with van der Waals surface area (Å²) in [5, 5.41) is 69.3. The molecule has 10 nitrogen and oxygen atoms in total. The fourth-order valence-corrected chi connectivity index (χ4v) is 3.31. The fourth-order valence-electron chi connectivity index (χ4n) is 3.31. The predicted molar refractivity (Wildman–Crippen MR) is 85.9 cm³/mol. The maximum absolute atomic E-state index is 10.5. The Morgan fingerprint density at radius 2 is 1.31 bits per heavy atom. The molecule has 0 amide bonds. The molecule has 2 saturated heterocycles. The molecule has 154 valence electrons. The standard InChI is InChI=1S/C16H30O10/c1-16(2,3)14-11(22)10(21)13(7(5-18)24-14)26-15-12(23)9(20)8(19)6(4-17)25-15/h6-15,17-23H,4-5H2,1-3H3/t6?,7?,8-,9-,10+,11?,12?,13+,14+,15-/m0/s1. The molecule has 10 atom stereocenters. The van der Waals surface area contributed by atoms with Crippen molar-refractivity contribution in [1.82, 2.24) is 0 Å². The molecule has 0 saturated carbocycles. The average Bonchev–Trinajstić information content (AvgIpc) is 2.58. The van der Waals surface area contributed by atoms with E-state index >= 15 is 0 Å². The Morgan fingerprint density at radius 3 is 1.81 bits per heavy atom. The zero-order valence-corrected chi connectivity index (χ0v) is 15.0. The molecule has 0 aliphatic carbocycles. The van der Waals surface area contributed by atoms with Crippen molar-refractivity contribution < 1.29 is 50.0 Å². The fraction of sp³-hybridized carbons (Fsp3) is 1.00. The van der Waals surface area contributed by atoms with Crippen LogP contribution >= 0.6 is 0 Å². The van der Waals surface area contributed by atoms with Crippen LogP contribution in [0.5, 0.6) is 0 Å². The number of hydrogen-bond donors (Lipinski definition) is 7. The van der Waals surface area contributed by atoms with E-state index in [9.17, 15) is 35.7 Å². The van der Waals surface area contributed by atoms with Crippen LogP contribution in [0.2, 0.25) is 0 Å². The van der Waals surface area contributed by atoms with E-state index in [0.29, 0.717) is 0 Å². The van der Waals surface area contributed by atoms with E-state index in [1.165, 1.54) is 0 Å². The Hall–Kier alpha value is -0.400. The molecule has 26 heavy (non-hydrogen) atoms. The van der Waals surface area contributed by atoms with Crippen LogP contribution in [0.25, 0.3) is 0 Å². The van der Waals surface area contributed by atoms with Crippen LogP contribution in [-0.2, 0) is 14.2 Å². The summed E-state index contributed by atoms with van der Waals surface area (Å²) >= 11 is 0. The zero-order chi connectivity index (χ0) is 19.8. The Kier molecular flexibility index (Phi) is 7.00. The molecule has 2 heterocycles. The van der Waals surface area contributed by atoms with Crippen LogP contribution in [0.4, 0.5) is 0 Å². The Morgan fingerprint density at radius 1 is 0.731 bits per heavy atom. The molecule has 0 spiro atoms. The van der Waals surface area contributed by atoms with Crippen LogP contribution < -0.4 is 0 Å². The first-order valence-corrected chi connectivity index (χ1v) is 8.61. The quantitative estimate of drug-likeness (QED) is 0.261. The van der Waals surface area contributed by atoms with Gasteiger partial charge < -0.3 is 50.0 Å².